The van der Waals surface area contributed by atoms with Gasteiger partial charge in [0.15, 0.2) is 12.0 Å². The van der Waals surface area contributed by atoms with Gasteiger partial charge in [-0.1, -0.05) is 0 Å². The van der Waals surface area contributed by atoms with E-state index in [4.69, 9.17) is 0 Å². The second-order valence-electron chi connectivity index (χ2n) is 2.44. The fourth-order valence-corrected chi connectivity index (χ4v) is 1.42. The van der Waals surface area contributed by atoms with Gasteiger partial charge in [-0.2, -0.15) is 0 Å². The topological polar surface area (TPSA) is 73.1 Å². The van der Waals surface area contributed by atoms with E-state index in [9.17, 15) is 23.7 Å². The molecule has 0 aromatic carbocycles. The van der Waals surface area contributed by atoms with Crippen LogP contribution in [0.2, 0.25) is 0 Å². The van der Waals surface area contributed by atoms with E-state index in [0.29, 0.717) is 0 Å². The lowest BCUT2D eigenvalue weighted by Gasteiger charge is -2.03. The quantitative estimate of drug-likeness (QED) is 0.369. The van der Waals surface area contributed by atoms with Crippen molar-refractivity contribution in [3.05, 3.63) is 32.0 Å². The summed E-state index contributed by atoms with van der Waals surface area (Å²) in [7, 11) is 0. The fraction of sp³-hybridized carbons (Fsp3) is 0.143. The van der Waals surface area contributed by atoms with Gasteiger partial charge in [0.05, 0.1) is 10.5 Å². The number of halogens is 3. The Bertz CT molecular complexity index is 425. The molecule has 8 heteroatoms. The monoisotopic (exact) mass is 280 g/mol. The van der Waals surface area contributed by atoms with Gasteiger partial charge in [0.1, 0.15) is 4.60 Å². The summed E-state index contributed by atoms with van der Waals surface area (Å²) in [5.41, 5.74) is -2.41. The van der Waals surface area contributed by atoms with Crippen LogP contribution in [0.3, 0.4) is 0 Å². The molecule has 15 heavy (non-hydrogen) atoms. The molecular weight excluding hydrogens is 278 g/mol. The van der Waals surface area contributed by atoms with E-state index in [-0.39, 0.29) is 10.9 Å². The molecule has 0 aliphatic carbocycles. The highest BCUT2D eigenvalue weighted by Gasteiger charge is 2.28. The molecule has 5 nitrogen and oxygen atoms in total. The normalized spacial score (nSPS) is 10.4. The molecule has 0 atom stereocenters. The van der Waals surface area contributed by atoms with Crippen LogP contribution in [-0.4, -0.2) is 16.2 Å². The first-order chi connectivity index (χ1) is 6.97. The van der Waals surface area contributed by atoms with Crippen molar-refractivity contribution in [1.82, 2.24) is 4.98 Å². The van der Waals surface area contributed by atoms with E-state index in [1.54, 1.807) is 0 Å². The van der Waals surface area contributed by atoms with Crippen molar-refractivity contribution in [2.45, 2.75) is 6.43 Å². The number of carbonyl (C=O) groups is 1. The van der Waals surface area contributed by atoms with E-state index in [2.05, 4.69) is 20.9 Å². The third-order valence-electron chi connectivity index (χ3n) is 1.53. The lowest BCUT2D eigenvalue weighted by molar-refractivity contribution is -0.386. The number of aromatic nitrogens is 1. The largest absolute Gasteiger partial charge is 0.307 e. The molecule has 0 saturated heterocycles. The lowest BCUT2D eigenvalue weighted by Crippen LogP contribution is -2.03. The number of pyridine rings is 1. The molecule has 0 bridgehead atoms. The summed E-state index contributed by atoms with van der Waals surface area (Å²) in [5, 5.41) is 10.5. The number of carbonyl (C=O) groups excluding carboxylic acids is 1. The van der Waals surface area contributed by atoms with Crippen LogP contribution in [0, 0.1) is 10.1 Å². The van der Waals surface area contributed by atoms with Gasteiger partial charge in [-0.3, -0.25) is 14.9 Å². The molecule has 0 N–H and O–H groups in total. The number of aldehydes is 1. The first-order valence-electron chi connectivity index (χ1n) is 3.55. The average Bonchev–Trinajstić information content (AvgIpc) is 2.15. The zero-order chi connectivity index (χ0) is 11.6. The van der Waals surface area contributed by atoms with Gasteiger partial charge < -0.3 is 0 Å². The molecular formula is C7H3BrF2N2O3. The van der Waals surface area contributed by atoms with Gasteiger partial charge >= 0.3 is 5.69 Å². The first kappa shape index (κ1) is 11.6. The van der Waals surface area contributed by atoms with E-state index >= 15 is 0 Å². The van der Waals surface area contributed by atoms with Crippen LogP contribution < -0.4 is 0 Å². The molecule has 0 saturated carbocycles. The summed E-state index contributed by atoms with van der Waals surface area (Å²) < 4.78 is 24.7. The summed E-state index contributed by atoms with van der Waals surface area (Å²) in [4.78, 5) is 23.2. The predicted octanol–water partition coefficient (Wildman–Crippen LogP) is 2.50. The summed E-state index contributed by atoms with van der Waals surface area (Å²) >= 11 is 2.78. The standard InChI is InChI=1S/C7H3BrF2N2O3/c8-4-1-3(2-13)6(12(14)15)5(11-4)7(9)10/h1-2,7H. The maximum Gasteiger partial charge on any atom is 0.307 e. The Hall–Kier alpha value is -1.44. The third kappa shape index (κ3) is 2.32. The van der Waals surface area contributed by atoms with E-state index in [1.807, 2.05) is 0 Å². The maximum atomic E-state index is 12.4. The Morgan fingerprint density at radius 1 is 1.60 bits per heavy atom. The second kappa shape index (κ2) is 4.39. The Morgan fingerprint density at radius 3 is 2.60 bits per heavy atom. The molecule has 80 valence electrons. The van der Waals surface area contributed by atoms with Crippen molar-refractivity contribution < 1.29 is 18.5 Å². The molecule has 1 aromatic heterocycles. The van der Waals surface area contributed by atoms with Gasteiger partial charge in [-0.25, -0.2) is 13.8 Å². The van der Waals surface area contributed by atoms with Crippen LogP contribution in [0.15, 0.2) is 10.7 Å². The molecule has 0 fully saturated rings. The number of alkyl halides is 2. The van der Waals surface area contributed by atoms with Crippen LogP contribution >= 0.6 is 15.9 Å². The minimum atomic E-state index is -3.11. The number of hydrogen-bond acceptors (Lipinski definition) is 4. The van der Waals surface area contributed by atoms with Gasteiger partial charge in [-0.15, -0.1) is 0 Å². The molecule has 0 spiro atoms. The average molecular weight is 281 g/mol. The summed E-state index contributed by atoms with van der Waals surface area (Å²) in [6, 6.07) is 1.01. The molecule has 1 aromatic rings. The summed E-state index contributed by atoms with van der Waals surface area (Å²) in [6.45, 7) is 0. The van der Waals surface area contributed by atoms with Crippen molar-refractivity contribution in [3.8, 4) is 0 Å². The van der Waals surface area contributed by atoms with Crippen LogP contribution in [0.5, 0.6) is 0 Å². The van der Waals surface area contributed by atoms with Crippen LogP contribution in [0.4, 0.5) is 14.5 Å². The highest BCUT2D eigenvalue weighted by atomic mass is 79.9. The van der Waals surface area contributed by atoms with E-state index < -0.39 is 28.3 Å². The van der Waals surface area contributed by atoms with Gasteiger partial charge in [0.25, 0.3) is 6.43 Å². The summed E-state index contributed by atoms with van der Waals surface area (Å²) in [6.07, 6.45) is -2.97. The molecule has 0 radical (unpaired) electrons. The lowest BCUT2D eigenvalue weighted by atomic mass is 10.2. The van der Waals surface area contributed by atoms with Crippen molar-refractivity contribution in [3.63, 3.8) is 0 Å². The van der Waals surface area contributed by atoms with Crippen molar-refractivity contribution in [2.24, 2.45) is 0 Å². The smallest absolute Gasteiger partial charge is 0.298 e. The van der Waals surface area contributed by atoms with Crippen molar-refractivity contribution in [1.29, 1.82) is 0 Å². The minimum Gasteiger partial charge on any atom is -0.298 e. The molecule has 1 heterocycles. The van der Waals surface area contributed by atoms with Crippen LogP contribution in [-0.2, 0) is 0 Å². The fourth-order valence-electron chi connectivity index (χ4n) is 0.986. The van der Waals surface area contributed by atoms with E-state index in [0.717, 1.165) is 6.07 Å². The van der Waals surface area contributed by atoms with Crippen LogP contribution in [0.1, 0.15) is 22.5 Å². The second-order valence-corrected chi connectivity index (χ2v) is 3.26. The van der Waals surface area contributed by atoms with Crippen molar-refractivity contribution >= 4 is 27.9 Å². The van der Waals surface area contributed by atoms with Gasteiger partial charge in [0, 0.05) is 0 Å². The molecule has 0 aliphatic rings. The minimum absolute atomic E-state index is 0.0505. The zero-order valence-electron chi connectivity index (χ0n) is 6.99. The van der Waals surface area contributed by atoms with E-state index in [1.165, 1.54) is 0 Å². The zero-order valence-corrected chi connectivity index (χ0v) is 8.57. The summed E-state index contributed by atoms with van der Waals surface area (Å²) in [5.74, 6) is 0. The predicted molar refractivity (Wildman–Crippen MR) is 48.9 cm³/mol. The van der Waals surface area contributed by atoms with Crippen LogP contribution in [0.25, 0.3) is 0 Å². The molecule has 0 amide bonds. The highest BCUT2D eigenvalue weighted by Crippen LogP contribution is 2.31. The Labute approximate surface area is 90.4 Å². The molecule has 0 aliphatic heterocycles. The SMILES string of the molecule is O=Cc1cc(Br)nc(C(F)F)c1[N+](=O)[O-]. The maximum absolute atomic E-state index is 12.4. The van der Waals surface area contributed by atoms with Gasteiger partial charge in [0.2, 0.25) is 0 Å². The number of hydrogen-bond donors (Lipinski definition) is 0. The Kier molecular flexibility index (Phi) is 3.40. The third-order valence-corrected chi connectivity index (χ3v) is 1.94. The Morgan fingerprint density at radius 2 is 2.20 bits per heavy atom. The number of nitro groups is 1. The highest BCUT2D eigenvalue weighted by molar-refractivity contribution is 9.10. The molecule has 1 rings (SSSR count). The first-order valence-corrected chi connectivity index (χ1v) is 4.34. The van der Waals surface area contributed by atoms with Gasteiger partial charge in [-0.05, 0) is 22.0 Å². The Balaban J connectivity index is 3.54. The van der Waals surface area contributed by atoms with Crippen molar-refractivity contribution in [2.75, 3.05) is 0 Å². The number of nitrogens with zero attached hydrogens (tertiary/aromatic N) is 2. The molecule has 0 unspecified atom stereocenters. The number of rotatable bonds is 3.